The average molecular weight is 717 g/mol. The van der Waals surface area contributed by atoms with Gasteiger partial charge in [-0.3, -0.25) is 4.79 Å². The Morgan fingerprint density at radius 2 is 1.69 bits per heavy atom. The number of aliphatic hydroxyl groups excluding tert-OH is 5. The van der Waals surface area contributed by atoms with Crippen molar-refractivity contribution in [2.75, 3.05) is 0 Å². The van der Waals surface area contributed by atoms with Gasteiger partial charge in [0.2, 0.25) is 0 Å². The lowest BCUT2D eigenvalue weighted by molar-refractivity contribution is -0.151. The van der Waals surface area contributed by atoms with Gasteiger partial charge in [-0.15, -0.1) is 11.6 Å². The molecule has 15 heteroatoms. The summed E-state index contributed by atoms with van der Waals surface area (Å²) >= 11 is 12.4. The third-order valence-electron chi connectivity index (χ3n) is 6.99. The fourth-order valence-electron chi connectivity index (χ4n) is 4.17. The van der Waals surface area contributed by atoms with Gasteiger partial charge in [0.15, 0.2) is 5.78 Å². The first-order valence-corrected chi connectivity index (χ1v) is 15.7. The van der Waals surface area contributed by atoms with Gasteiger partial charge in [0.25, 0.3) is 0 Å². The van der Waals surface area contributed by atoms with Crippen molar-refractivity contribution < 1.29 is 59.3 Å². The van der Waals surface area contributed by atoms with E-state index < -0.39 is 84.3 Å². The van der Waals surface area contributed by atoms with Crippen LogP contribution in [0.4, 0.5) is 4.79 Å². The number of ketones is 1. The Morgan fingerprint density at radius 3 is 2.29 bits per heavy atom. The summed E-state index contributed by atoms with van der Waals surface area (Å²) in [5.41, 5.74) is 5.61. The molecule has 266 valence electrons. The molecule has 0 aromatic rings. The summed E-state index contributed by atoms with van der Waals surface area (Å²) in [5.74, 6) is -3.93. The van der Waals surface area contributed by atoms with Crippen LogP contribution in [-0.2, 0) is 23.9 Å². The standard InChI is InChI=1S/C33H43Cl2NO12/c1-4-5-13-25(48-33(36)46)28(35)22(37)17-24(39)31(43)29(41)19(3)21(34)12-8-6-10-18(2)11-7-9-14-27(40)47-26-16-20(32(44)45)15-23(38)30(26)42/h5-14,16,19,22-23,25-26,28-31,37-38,41-43H,4,15,17H2,1-3H3,(H2,36,46)(H,44,45)/b8-6+,11-7+,13-5+,14-9+,18-10+,21-12-/t19-,22-,23?,25-,26?,28+,29-,30?,31-/m1/s1. The maximum absolute atomic E-state index is 12.6. The molecule has 9 atom stereocenters. The first kappa shape index (κ1) is 42.5. The molecule has 0 spiro atoms. The minimum Gasteiger partial charge on any atom is -0.478 e. The number of carbonyl (C=O) groups excluding carboxylic acids is 3. The van der Waals surface area contributed by atoms with Gasteiger partial charge in [0, 0.05) is 35.4 Å². The minimum atomic E-state index is -1.90. The number of rotatable bonds is 18. The second-order valence-corrected chi connectivity index (χ2v) is 11.8. The number of hydrogen-bond acceptors (Lipinski definition) is 11. The Hall–Kier alpha value is -3.56. The molecule has 0 aromatic carbocycles. The number of carboxylic acid groups (broad SMARTS) is 1. The zero-order chi connectivity index (χ0) is 36.6. The smallest absolute Gasteiger partial charge is 0.405 e. The summed E-state index contributed by atoms with van der Waals surface area (Å²) in [7, 11) is 0. The number of Topliss-reactive ketones (excluding diaryl/α,β-unsaturated/α-hetero) is 1. The molecule has 0 radical (unpaired) electrons. The number of allylic oxidation sites excluding steroid dienone is 9. The number of carboxylic acids is 1. The number of carbonyl (C=O) groups is 4. The van der Waals surface area contributed by atoms with Gasteiger partial charge < -0.3 is 45.8 Å². The number of halogens is 2. The molecule has 0 fully saturated rings. The van der Waals surface area contributed by atoms with Crippen LogP contribution in [0.1, 0.15) is 40.0 Å². The summed E-state index contributed by atoms with van der Waals surface area (Å²) in [6, 6.07) is 0. The molecule has 1 rings (SSSR count). The number of aliphatic carboxylic acids is 1. The quantitative estimate of drug-likeness (QED) is 0.0357. The van der Waals surface area contributed by atoms with Crippen molar-refractivity contribution in [3.05, 3.63) is 83.0 Å². The van der Waals surface area contributed by atoms with E-state index in [0.717, 1.165) is 17.7 Å². The molecule has 0 heterocycles. The Bertz CT molecular complexity index is 1340. The summed E-state index contributed by atoms with van der Waals surface area (Å²) < 4.78 is 9.92. The predicted molar refractivity (Wildman–Crippen MR) is 178 cm³/mol. The van der Waals surface area contributed by atoms with E-state index in [2.05, 4.69) is 0 Å². The van der Waals surface area contributed by atoms with Crippen LogP contribution in [0.5, 0.6) is 0 Å². The molecule has 0 saturated carbocycles. The molecule has 0 aromatic heterocycles. The summed E-state index contributed by atoms with van der Waals surface area (Å²) in [6.07, 6.45) is 4.26. The Kier molecular flexibility index (Phi) is 18.9. The van der Waals surface area contributed by atoms with Gasteiger partial charge in [0.1, 0.15) is 29.8 Å². The lowest BCUT2D eigenvalue weighted by Gasteiger charge is -2.28. The average Bonchev–Trinajstić information content (AvgIpc) is 3.03. The highest BCUT2D eigenvalue weighted by Crippen LogP contribution is 2.24. The zero-order valence-electron chi connectivity index (χ0n) is 26.6. The number of amides is 1. The summed E-state index contributed by atoms with van der Waals surface area (Å²) in [6.45, 7) is 5.06. The van der Waals surface area contributed by atoms with E-state index in [1.54, 1.807) is 37.3 Å². The van der Waals surface area contributed by atoms with E-state index in [0.29, 0.717) is 6.42 Å². The molecule has 0 aliphatic heterocycles. The van der Waals surface area contributed by atoms with Crippen molar-refractivity contribution in [1.29, 1.82) is 0 Å². The molecule has 0 bridgehead atoms. The highest BCUT2D eigenvalue weighted by Gasteiger charge is 2.36. The lowest BCUT2D eigenvalue weighted by Crippen LogP contribution is -2.43. The van der Waals surface area contributed by atoms with E-state index in [1.807, 2.05) is 6.92 Å². The van der Waals surface area contributed by atoms with Crippen molar-refractivity contribution in [2.45, 2.75) is 88.1 Å². The maximum Gasteiger partial charge on any atom is 0.405 e. The molecular formula is C33H43Cl2NO12. The van der Waals surface area contributed by atoms with Crippen molar-refractivity contribution >= 4 is 47.0 Å². The molecule has 3 unspecified atom stereocenters. The number of hydrogen-bond donors (Lipinski definition) is 7. The Balaban J connectivity index is 2.70. The van der Waals surface area contributed by atoms with Crippen LogP contribution in [0, 0.1) is 5.92 Å². The number of alkyl halides is 1. The highest BCUT2D eigenvalue weighted by atomic mass is 35.5. The molecular weight excluding hydrogens is 673 g/mol. The first-order valence-electron chi connectivity index (χ1n) is 14.9. The highest BCUT2D eigenvalue weighted by molar-refractivity contribution is 6.30. The van der Waals surface area contributed by atoms with Gasteiger partial charge in [-0.05, 0) is 31.6 Å². The van der Waals surface area contributed by atoms with Crippen molar-refractivity contribution in [1.82, 2.24) is 0 Å². The molecule has 48 heavy (non-hydrogen) atoms. The number of ether oxygens (including phenoxy) is 2. The van der Waals surface area contributed by atoms with Gasteiger partial charge in [-0.25, -0.2) is 14.4 Å². The van der Waals surface area contributed by atoms with E-state index >= 15 is 0 Å². The van der Waals surface area contributed by atoms with Gasteiger partial charge in [0.05, 0.1) is 18.3 Å². The van der Waals surface area contributed by atoms with E-state index in [4.69, 9.17) is 43.5 Å². The Labute approximate surface area is 288 Å². The van der Waals surface area contributed by atoms with E-state index in [-0.39, 0.29) is 17.0 Å². The van der Waals surface area contributed by atoms with E-state index in [1.165, 1.54) is 31.2 Å². The fraction of sp³-hybridized carbons (Fsp3) is 0.455. The topological polar surface area (TPSA) is 234 Å². The third-order valence-corrected chi connectivity index (χ3v) is 8.00. The first-order chi connectivity index (χ1) is 22.5. The summed E-state index contributed by atoms with van der Waals surface area (Å²) in [5, 5.41) is 59.1. The number of aliphatic hydroxyl groups is 5. The van der Waals surface area contributed by atoms with Gasteiger partial charge >= 0.3 is 18.0 Å². The molecule has 8 N–H and O–H groups in total. The molecule has 1 amide bonds. The largest absolute Gasteiger partial charge is 0.478 e. The van der Waals surface area contributed by atoms with Gasteiger partial charge in [-0.1, -0.05) is 73.6 Å². The van der Waals surface area contributed by atoms with Crippen molar-refractivity contribution in [3.8, 4) is 0 Å². The number of esters is 1. The van der Waals surface area contributed by atoms with Crippen LogP contribution in [-0.4, -0.2) is 103 Å². The molecule has 1 aliphatic rings. The second-order valence-electron chi connectivity index (χ2n) is 10.9. The number of nitrogens with two attached hydrogens (primary N) is 1. The minimum absolute atomic E-state index is 0.116. The predicted octanol–water partition coefficient (Wildman–Crippen LogP) is 2.49. The fourth-order valence-corrected chi connectivity index (χ4v) is 4.60. The van der Waals surface area contributed by atoms with Crippen LogP contribution in [0.3, 0.4) is 0 Å². The molecule has 0 saturated heterocycles. The normalized spacial score (nSPS) is 23.1. The lowest BCUT2D eigenvalue weighted by atomic mass is 9.92. The van der Waals surface area contributed by atoms with Crippen LogP contribution < -0.4 is 5.73 Å². The van der Waals surface area contributed by atoms with Crippen LogP contribution in [0.25, 0.3) is 0 Å². The number of primary amides is 1. The van der Waals surface area contributed by atoms with Gasteiger partial charge in [-0.2, -0.15) is 0 Å². The maximum atomic E-state index is 12.6. The van der Waals surface area contributed by atoms with Crippen LogP contribution in [0.15, 0.2) is 83.0 Å². The SMILES string of the molecule is CC/C=C/[C@@H](OC(N)=O)[C@@H](Cl)[C@H](O)CC(=O)[C@@H](O)[C@H](O)[C@H](C)/C(Cl)=C/C=C/C=C(C)/C=C/C=C/C(=O)OC1C=C(C(=O)O)CC(O)C1O. The van der Waals surface area contributed by atoms with Crippen LogP contribution in [0.2, 0.25) is 0 Å². The summed E-state index contributed by atoms with van der Waals surface area (Å²) in [4.78, 5) is 46.9. The van der Waals surface area contributed by atoms with E-state index in [9.17, 15) is 44.7 Å². The Morgan fingerprint density at radius 1 is 1.06 bits per heavy atom. The molecule has 13 nitrogen and oxygen atoms in total. The zero-order valence-corrected chi connectivity index (χ0v) is 28.1. The molecule has 1 aliphatic carbocycles. The van der Waals surface area contributed by atoms with Crippen molar-refractivity contribution in [3.63, 3.8) is 0 Å². The van der Waals surface area contributed by atoms with Crippen LogP contribution >= 0.6 is 23.2 Å². The second kappa shape index (κ2) is 21.4. The monoisotopic (exact) mass is 715 g/mol. The van der Waals surface area contributed by atoms with Crippen molar-refractivity contribution in [2.24, 2.45) is 11.7 Å². The third kappa shape index (κ3) is 14.7.